The van der Waals surface area contributed by atoms with Gasteiger partial charge in [-0.3, -0.25) is 9.80 Å². The molecule has 1 N–H and O–H groups in total. The molecule has 3 saturated heterocycles. The molecule has 5 nitrogen and oxygen atoms in total. The van der Waals surface area contributed by atoms with E-state index in [0.717, 1.165) is 47.7 Å². The standard InChI is InChI=1S/C28H44N4O/c1-21(2)17-24-8-12-30(13-9-24)19-25-10-14-31(15-11-25)20-26-6-5-22(3)27(18-26)32-16-7-23(4)29-28(32)33/h5-6,18,21,24-25H,4,7-17,19-20H2,1-3H3,(H,29,33). The summed E-state index contributed by atoms with van der Waals surface area (Å²) in [5.41, 5.74) is 4.30. The number of anilines is 1. The lowest BCUT2D eigenvalue weighted by Crippen LogP contribution is -2.45. The first-order chi connectivity index (χ1) is 15.9. The van der Waals surface area contributed by atoms with Crippen LogP contribution in [0, 0.1) is 24.7 Å². The number of urea groups is 1. The summed E-state index contributed by atoms with van der Waals surface area (Å²) in [6.07, 6.45) is 7.62. The number of hydrogen-bond donors (Lipinski definition) is 1. The number of nitrogens with one attached hydrogen (secondary N) is 1. The van der Waals surface area contributed by atoms with E-state index in [1.54, 1.807) is 0 Å². The van der Waals surface area contributed by atoms with Crippen molar-refractivity contribution in [3.8, 4) is 0 Å². The molecule has 0 radical (unpaired) electrons. The number of rotatable bonds is 7. The molecule has 0 aliphatic carbocycles. The Morgan fingerprint density at radius 3 is 2.33 bits per heavy atom. The van der Waals surface area contributed by atoms with Crippen molar-refractivity contribution < 1.29 is 4.79 Å². The zero-order chi connectivity index (χ0) is 23.4. The van der Waals surface area contributed by atoms with Crippen molar-refractivity contribution in [2.24, 2.45) is 17.8 Å². The summed E-state index contributed by atoms with van der Waals surface area (Å²) in [6, 6.07) is 6.56. The SMILES string of the molecule is C=C1CCN(c2cc(CN3CCC(CN4CCC(CC(C)C)CC4)CC3)ccc2C)C(=O)N1. The van der Waals surface area contributed by atoms with Gasteiger partial charge in [0.15, 0.2) is 0 Å². The lowest BCUT2D eigenvalue weighted by atomic mass is 9.87. The van der Waals surface area contributed by atoms with Crippen LogP contribution in [0.25, 0.3) is 0 Å². The first kappa shape index (κ1) is 24.3. The van der Waals surface area contributed by atoms with Crippen LogP contribution in [-0.4, -0.2) is 55.1 Å². The van der Waals surface area contributed by atoms with Gasteiger partial charge in [0, 0.05) is 37.4 Å². The highest BCUT2D eigenvalue weighted by Gasteiger charge is 2.26. The highest BCUT2D eigenvalue weighted by Crippen LogP contribution is 2.28. The van der Waals surface area contributed by atoms with E-state index in [9.17, 15) is 4.79 Å². The Bertz CT molecular complexity index is 819. The van der Waals surface area contributed by atoms with Crippen molar-refractivity contribution >= 4 is 11.7 Å². The first-order valence-electron chi connectivity index (χ1n) is 13.2. The number of aryl methyl sites for hydroxylation is 1. The number of carbonyl (C=O) groups excluding carboxylic acids is 1. The molecule has 0 bridgehead atoms. The van der Waals surface area contributed by atoms with E-state index in [0.29, 0.717) is 6.54 Å². The minimum atomic E-state index is -0.0550. The quantitative estimate of drug-likeness (QED) is 0.602. The normalized spacial score (nSPS) is 22.2. The summed E-state index contributed by atoms with van der Waals surface area (Å²) in [5.74, 6) is 2.64. The molecule has 0 spiro atoms. The number of piperidine rings is 2. The Kier molecular flexibility index (Phi) is 8.13. The molecule has 3 fully saturated rings. The lowest BCUT2D eigenvalue weighted by molar-refractivity contribution is 0.111. The van der Waals surface area contributed by atoms with Gasteiger partial charge in [-0.2, -0.15) is 0 Å². The minimum Gasteiger partial charge on any atom is -0.312 e. The summed E-state index contributed by atoms with van der Waals surface area (Å²) >= 11 is 0. The molecule has 0 atom stereocenters. The molecule has 1 aromatic rings. The van der Waals surface area contributed by atoms with E-state index in [4.69, 9.17) is 0 Å². The summed E-state index contributed by atoms with van der Waals surface area (Å²) in [7, 11) is 0. The average Bonchev–Trinajstić information content (AvgIpc) is 2.78. The Balaban J connectivity index is 1.24. The highest BCUT2D eigenvalue weighted by atomic mass is 16.2. The maximum absolute atomic E-state index is 12.5. The van der Waals surface area contributed by atoms with Crippen LogP contribution in [0.15, 0.2) is 30.5 Å². The van der Waals surface area contributed by atoms with E-state index >= 15 is 0 Å². The zero-order valence-corrected chi connectivity index (χ0v) is 21.1. The Labute approximate surface area is 201 Å². The summed E-state index contributed by atoms with van der Waals surface area (Å²) in [4.78, 5) is 19.7. The number of benzene rings is 1. The van der Waals surface area contributed by atoms with Crippen LogP contribution < -0.4 is 10.2 Å². The van der Waals surface area contributed by atoms with Crippen molar-refractivity contribution in [3.05, 3.63) is 41.6 Å². The van der Waals surface area contributed by atoms with Gasteiger partial charge in [0.1, 0.15) is 0 Å². The van der Waals surface area contributed by atoms with Gasteiger partial charge in [-0.05, 0) is 100 Å². The number of nitrogens with zero attached hydrogens (tertiary/aromatic N) is 3. The average molecular weight is 453 g/mol. The molecular weight excluding hydrogens is 408 g/mol. The van der Waals surface area contributed by atoms with Gasteiger partial charge in [0.25, 0.3) is 0 Å². The predicted molar refractivity (Wildman–Crippen MR) is 137 cm³/mol. The van der Waals surface area contributed by atoms with Crippen LogP contribution in [0.1, 0.15) is 63.5 Å². The molecule has 0 aromatic heterocycles. The van der Waals surface area contributed by atoms with Gasteiger partial charge in [-0.15, -0.1) is 0 Å². The fraction of sp³-hybridized carbons (Fsp3) is 0.679. The Morgan fingerprint density at radius 2 is 1.67 bits per heavy atom. The largest absolute Gasteiger partial charge is 0.326 e. The van der Waals surface area contributed by atoms with Gasteiger partial charge in [-0.25, -0.2) is 4.79 Å². The second-order valence-corrected chi connectivity index (χ2v) is 11.1. The molecule has 0 saturated carbocycles. The van der Waals surface area contributed by atoms with Crippen molar-refractivity contribution in [3.63, 3.8) is 0 Å². The number of likely N-dealkylation sites (tertiary alicyclic amines) is 2. The van der Waals surface area contributed by atoms with Crippen LogP contribution in [0.3, 0.4) is 0 Å². The monoisotopic (exact) mass is 452 g/mol. The Morgan fingerprint density at radius 1 is 1.00 bits per heavy atom. The lowest BCUT2D eigenvalue weighted by Gasteiger charge is -2.38. The highest BCUT2D eigenvalue weighted by molar-refractivity contribution is 5.94. The molecule has 0 unspecified atom stereocenters. The van der Waals surface area contributed by atoms with Crippen LogP contribution in [0.5, 0.6) is 0 Å². The smallest absolute Gasteiger partial charge is 0.312 e. The van der Waals surface area contributed by atoms with Crippen molar-refractivity contribution in [2.45, 2.75) is 65.8 Å². The summed E-state index contributed by atoms with van der Waals surface area (Å²) in [5, 5.41) is 2.88. The van der Waals surface area contributed by atoms with Gasteiger partial charge < -0.3 is 10.2 Å². The van der Waals surface area contributed by atoms with Crippen LogP contribution in [-0.2, 0) is 6.54 Å². The van der Waals surface area contributed by atoms with Crippen molar-refractivity contribution in [2.75, 3.05) is 44.2 Å². The maximum Gasteiger partial charge on any atom is 0.326 e. The fourth-order valence-corrected chi connectivity index (χ4v) is 5.93. The Hall–Kier alpha value is -1.85. The zero-order valence-electron chi connectivity index (χ0n) is 21.1. The fourth-order valence-electron chi connectivity index (χ4n) is 5.93. The van der Waals surface area contributed by atoms with Gasteiger partial charge in [0.2, 0.25) is 0 Å². The maximum atomic E-state index is 12.5. The van der Waals surface area contributed by atoms with Crippen LogP contribution in [0.2, 0.25) is 0 Å². The summed E-state index contributed by atoms with van der Waals surface area (Å²) < 4.78 is 0. The van der Waals surface area contributed by atoms with E-state index in [2.05, 4.69) is 60.7 Å². The number of amides is 2. The number of hydrogen-bond acceptors (Lipinski definition) is 3. The van der Waals surface area contributed by atoms with Gasteiger partial charge >= 0.3 is 6.03 Å². The molecule has 1 aromatic carbocycles. The molecule has 182 valence electrons. The molecule has 3 heterocycles. The molecule has 2 amide bonds. The molecule has 33 heavy (non-hydrogen) atoms. The predicted octanol–water partition coefficient (Wildman–Crippen LogP) is 5.40. The van der Waals surface area contributed by atoms with Crippen molar-refractivity contribution in [1.29, 1.82) is 0 Å². The third-order valence-corrected chi connectivity index (χ3v) is 7.87. The second-order valence-electron chi connectivity index (χ2n) is 11.1. The third-order valence-electron chi connectivity index (χ3n) is 7.87. The van der Waals surface area contributed by atoms with Crippen LogP contribution in [0.4, 0.5) is 10.5 Å². The molecular formula is C28H44N4O. The van der Waals surface area contributed by atoms with E-state index in [1.165, 1.54) is 70.4 Å². The molecule has 3 aliphatic rings. The minimum absolute atomic E-state index is 0.0550. The van der Waals surface area contributed by atoms with Crippen LogP contribution >= 0.6 is 0 Å². The molecule has 3 aliphatic heterocycles. The third kappa shape index (κ3) is 6.60. The number of carbonyl (C=O) groups is 1. The van der Waals surface area contributed by atoms with Crippen molar-refractivity contribution in [1.82, 2.24) is 15.1 Å². The van der Waals surface area contributed by atoms with Gasteiger partial charge in [-0.1, -0.05) is 32.6 Å². The molecule has 4 rings (SSSR count). The summed E-state index contributed by atoms with van der Waals surface area (Å²) in [6.45, 7) is 18.7. The first-order valence-corrected chi connectivity index (χ1v) is 13.2. The second kappa shape index (κ2) is 11.1. The van der Waals surface area contributed by atoms with E-state index < -0.39 is 0 Å². The van der Waals surface area contributed by atoms with E-state index in [1.807, 2.05) is 4.90 Å². The molecule has 5 heteroatoms. The van der Waals surface area contributed by atoms with E-state index in [-0.39, 0.29) is 6.03 Å². The topological polar surface area (TPSA) is 38.8 Å². The van der Waals surface area contributed by atoms with Gasteiger partial charge in [0.05, 0.1) is 0 Å².